The maximum Gasteiger partial charge on any atom is 0.415 e. The predicted octanol–water partition coefficient (Wildman–Crippen LogP) is 0.556. The minimum absolute atomic E-state index is 0.913. The molecule has 0 unspecified atom stereocenters. The number of nitrogens with zero attached hydrogens (tertiary/aromatic N) is 1. The van der Waals surface area contributed by atoms with E-state index < -0.39 is 41.2 Å². The lowest BCUT2D eigenvalue weighted by atomic mass is 10.3. The number of alkyl halides is 6. The first-order chi connectivity index (χ1) is 10.1. The van der Waals surface area contributed by atoms with Crippen molar-refractivity contribution in [1.29, 1.82) is 0 Å². The molecule has 0 saturated carbocycles. The topological polar surface area (TPSA) is 80.8 Å². The molecule has 138 valence electrons. The number of halogens is 6. The molecule has 2 heterocycles. The lowest BCUT2D eigenvalue weighted by Gasteiger charge is -2.35. The molecule has 0 aromatic heterocycles. The molecule has 0 aliphatic carbocycles. The Labute approximate surface area is 128 Å². The number of likely N-dealkylation sites (N-methyl/N-ethyl adjacent to an activating group) is 1. The van der Waals surface area contributed by atoms with E-state index in [1.54, 1.807) is 0 Å². The van der Waals surface area contributed by atoms with Crippen LogP contribution in [0.15, 0.2) is 0 Å². The Hall–Kier alpha value is -0.600. The quantitative estimate of drug-likeness (QED) is 0.560. The Bertz CT molecular complexity index is 595. The predicted molar refractivity (Wildman–Crippen MR) is 65.9 cm³/mol. The average Bonchev–Trinajstić information content (AvgIpc) is 2.37. The summed E-state index contributed by atoms with van der Waals surface area (Å²) in [6, 6.07) is 0. The van der Waals surface area contributed by atoms with E-state index in [1.165, 1.54) is 0 Å². The molecule has 0 bridgehead atoms. The normalized spacial score (nSPS) is 30.7. The number of sulfone groups is 2. The first kappa shape index (κ1) is 20.4. The number of hydrogen-bond acceptors (Lipinski definition) is 6. The lowest BCUT2D eigenvalue weighted by Crippen LogP contribution is -2.66. The van der Waals surface area contributed by atoms with Crippen molar-refractivity contribution in [3.63, 3.8) is 0 Å². The first-order valence-electron chi connectivity index (χ1n) is 5.94. The summed E-state index contributed by atoms with van der Waals surface area (Å²) >= 11 is 0. The summed E-state index contributed by atoms with van der Waals surface area (Å²) in [7, 11) is -10.3. The van der Waals surface area contributed by atoms with Gasteiger partial charge in [-0.15, -0.1) is 0 Å². The Morgan fingerprint density at radius 2 is 1.17 bits per heavy atom. The zero-order valence-electron chi connectivity index (χ0n) is 11.6. The van der Waals surface area contributed by atoms with E-state index in [4.69, 9.17) is 4.74 Å². The van der Waals surface area contributed by atoms with Gasteiger partial charge in [0, 0.05) is 13.1 Å². The molecule has 0 aromatic rings. The fourth-order valence-electron chi connectivity index (χ4n) is 1.57. The average molecular weight is 393 g/mol. The highest BCUT2D eigenvalue weighted by Crippen LogP contribution is 2.55. The van der Waals surface area contributed by atoms with Crippen molar-refractivity contribution < 1.29 is 47.9 Å². The lowest BCUT2D eigenvalue weighted by molar-refractivity contribution is -0.245. The van der Waals surface area contributed by atoms with Gasteiger partial charge in [-0.25, -0.2) is 16.8 Å². The van der Waals surface area contributed by atoms with Crippen molar-refractivity contribution in [1.82, 2.24) is 4.90 Å². The van der Waals surface area contributed by atoms with Crippen LogP contribution in [0.1, 0.15) is 0 Å². The Morgan fingerprint density at radius 1 is 0.826 bits per heavy atom. The van der Waals surface area contributed by atoms with Gasteiger partial charge < -0.3 is 9.64 Å². The maximum absolute atomic E-state index is 12.5. The van der Waals surface area contributed by atoms with Crippen molar-refractivity contribution >= 4 is 19.7 Å². The van der Waals surface area contributed by atoms with Crippen LogP contribution in [0.2, 0.25) is 0 Å². The van der Waals surface area contributed by atoms with Crippen LogP contribution in [-0.4, -0.2) is 76.6 Å². The van der Waals surface area contributed by atoms with E-state index in [1.807, 2.05) is 0 Å². The molecule has 2 fully saturated rings. The Kier molecular flexibility index (Phi) is 5.37. The number of morpholine rings is 1. The van der Waals surface area contributed by atoms with Gasteiger partial charge in [-0.3, -0.25) is 0 Å². The second kappa shape index (κ2) is 6.04. The van der Waals surface area contributed by atoms with E-state index >= 15 is 0 Å². The Morgan fingerprint density at radius 3 is 1.43 bits per heavy atom. The minimum atomic E-state index is -6.50. The zero-order valence-corrected chi connectivity index (χ0v) is 13.2. The summed E-state index contributed by atoms with van der Waals surface area (Å²) in [6.07, 6.45) is 0. The molecule has 0 atom stereocenters. The fourth-order valence-corrected chi connectivity index (χ4v) is 5.49. The third-order valence-electron chi connectivity index (χ3n) is 3.06. The summed E-state index contributed by atoms with van der Waals surface area (Å²) in [5, 5.41) is -15.0. The molecule has 0 aromatic carbocycles. The summed E-state index contributed by atoms with van der Waals surface area (Å²) in [6.45, 7) is 4.02. The van der Waals surface area contributed by atoms with Gasteiger partial charge in [-0.2, -0.15) is 26.3 Å². The van der Waals surface area contributed by atoms with Crippen molar-refractivity contribution in [3.05, 3.63) is 0 Å². The van der Waals surface area contributed by atoms with Crippen molar-refractivity contribution in [2.45, 2.75) is 16.4 Å². The van der Waals surface area contributed by atoms with Crippen LogP contribution in [0.4, 0.5) is 26.3 Å². The monoisotopic (exact) mass is 393 g/mol. The van der Waals surface area contributed by atoms with Crippen molar-refractivity contribution in [3.8, 4) is 0 Å². The molecule has 0 amide bonds. The van der Waals surface area contributed by atoms with Gasteiger partial charge >= 0.3 is 16.4 Å². The molecular weight excluding hydrogens is 380 g/mol. The molecule has 2 aliphatic rings. The molecule has 2 rings (SSSR count). The molecule has 0 radical (unpaired) electrons. The van der Waals surface area contributed by atoms with Gasteiger partial charge in [0.25, 0.3) is 0 Å². The summed E-state index contributed by atoms with van der Waals surface area (Å²) in [5.41, 5.74) is 0. The van der Waals surface area contributed by atoms with Gasteiger partial charge in [-0.05, 0) is 7.05 Å². The third kappa shape index (κ3) is 3.30. The second-order valence-electron chi connectivity index (χ2n) is 4.87. The van der Waals surface area contributed by atoms with Gasteiger partial charge in [0.05, 0.1) is 13.2 Å². The SMILES string of the molecule is CN1CCOCC1.O=S1(=O)CS(=O)(=O)C(F)(F)C(F)(F)C1(F)F. The Balaban J connectivity index is 0.000000313. The molecule has 2 aliphatic heterocycles. The van der Waals surface area contributed by atoms with Gasteiger partial charge in [0.1, 0.15) is 0 Å². The summed E-state index contributed by atoms with van der Waals surface area (Å²) in [4.78, 5) is 2.27. The fraction of sp³-hybridized carbons (Fsp3) is 1.00. The minimum Gasteiger partial charge on any atom is -0.379 e. The van der Waals surface area contributed by atoms with Crippen molar-refractivity contribution in [2.24, 2.45) is 0 Å². The van der Waals surface area contributed by atoms with Crippen LogP contribution in [0.3, 0.4) is 0 Å². The molecule has 0 N–H and O–H groups in total. The number of rotatable bonds is 0. The van der Waals surface area contributed by atoms with Gasteiger partial charge in [0.2, 0.25) is 19.7 Å². The number of ether oxygens (including phenoxy) is 1. The van der Waals surface area contributed by atoms with Crippen LogP contribution in [0.25, 0.3) is 0 Å². The molecule has 0 spiro atoms. The third-order valence-corrected chi connectivity index (χ3v) is 7.61. The zero-order chi connectivity index (χ0) is 18.3. The van der Waals surface area contributed by atoms with Crippen LogP contribution in [0.5, 0.6) is 0 Å². The smallest absolute Gasteiger partial charge is 0.379 e. The van der Waals surface area contributed by atoms with Crippen LogP contribution in [0, 0.1) is 0 Å². The van der Waals surface area contributed by atoms with Crippen LogP contribution >= 0.6 is 0 Å². The summed E-state index contributed by atoms with van der Waals surface area (Å²) in [5.74, 6) is -6.50. The van der Waals surface area contributed by atoms with E-state index in [0.29, 0.717) is 0 Å². The molecular formula is C9H13F6NO5S2. The molecule has 23 heavy (non-hydrogen) atoms. The maximum atomic E-state index is 12.5. The van der Waals surface area contributed by atoms with E-state index in [0.717, 1.165) is 26.3 Å². The highest BCUT2D eigenvalue weighted by atomic mass is 32.3. The standard InChI is InChI=1S/C5H11NO.C4H2F6O4S2/c1-6-2-4-7-5-3-6;5-2(6)3(7,8)15(11,12)1-16(13,14)4(2,9)10/h2-5H2,1H3;1H2. The highest BCUT2D eigenvalue weighted by molar-refractivity contribution is 8.09. The highest BCUT2D eigenvalue weighted by Gasteiger charge is 2.85. The molecule has 14 heteroatoms. The molecule has 2 saturated heterocycles. The molecule has 6 nitrogen and oxygen atoms in total. The first-order valence-corrected chi connectivity index (χ1v) is 9.25. The van der Waals surface area contributed by atoms with E-state index in [9.17, 15) is 43.2 Å². The summed E-state index contributed by atoms with van der Waals surface area (Å²) < 4.78 is 122. The second-order valence-corrected chi connectivity index (χ2v) is 9.30. The van der Waals surface area contributed by atoms with E-state index in [2.05, 4.69) is 11.9 Å². The van der Waals surface area contributed by atoms with Crippen LogP contribution in [-0.2, 0) is 24.4 Å². The number of hydrogen-bond donors (Lipinski definition) is 0. The van der Waals surface area contributed by atoms with Gasteiger partial charge in [-0.1, -0.05) is 0 Å². The van der Waals surface area contributed by atoms with Crippen molar-refractivity contribution in [2.75, 3.05) is 38.4 Å². The van der Waals surface area contributed by atoms with E-state index in [-0.39, 0.29) is 0 Å². The van der Waals surface area contributed by atoms with Crippen LogP contribution < -0.4 is 0 Å². The largest absolute Gasteiger partial charge is 0.415 e. The van der Waals surface area contributed by atoms with Gasteiger partial charge in [0.15, 0.2) is 5.08 Å².